The molecule has 18 heavy (non-hydrogen) atoms. The molecule has 0 saturated carbocycles. The van der Waals surface area contributed by atoms with Crippen molar-refractivity contribution in [3.8, 4) is 0 Å². The molecule has 1 aromatic carbocycles. The van der Waals surface area contributed by atoms with Gasteiger partial charge in [-0.2, -0.15) is 0 Å². The number of hydrogen-bond acceptors (Lipinski definition) is 3. The van der Waals surface area contributed by atoms with Crippen LogP contribution < -0.4 is 5.73 Å². The van der Waals surface area contributed by atoms with E-state index in [1.807, 2.05) is 6.92 Å². The molecule has 1 heterocycles. The predicted molar refractivity (Wildman–Crippen MR) is 76.4 cm³/mol. The molecule has 0 radical (unpaired) electrons. The van der Waals surface area contributed by atoms with E-state index in [9.17, 15) is 0 Å². The second-order valence-corrected chi connectivity index (χ2v) is 5.46. The van der Waals surface area contributed by atoms with Gasteiger partial charge in [-0.05, 0) is 44.6 Å². The molecule has 0 amide bonds. The Morgan fingerprint density at radius 2 is 1.83 bits per heavy atom. The fourth-order valence-corrected chi connectivity index (χ4v) is 2.44. The molecule has 0 aromatic heterocycles. The third-order valence-corrected chi connectivity index (χ3v) is 3.72. The summed E-state index contributed by atoms with van der Waals surface area (Å²) in [7, 11) is 2.21. The van der Waals surface area contributed by atoms with Crippen molar-refractivity contribution in [2.75, 3.05) is 33.2 Å². The minimum atomic E-state index is 0.130. The Bertz CT molecular complexity index is 359. The van der Waals surface area contributed by atoms with Gasteiger partial charge in [-0.25, -0.2) is 0 Å². The van der Waals surface area contributed by atoms with Crippen LogP contribution in [0.3, 0.4) is 0 Å². The Kier molecular flexibility index (Phi) is 4.75. The summed E-state index contributed by atoms with van der Waals surface area (Å²) in [6.07, 6.45) is 1.27. The quantitative estimate of drug-likeness (QED) is 0.884. The number of rotatable bonds is 3. The fraction of sp³-hybridized carbons (Fsp3) is 0.600. The average Bonchev–Trinajstić information content (AvgIpc) is 2.55. The second kappa shape index (κ2) is 6.32. The first-order valence-corrected chi connectivity index (χ1v) is 6.90. The van der Waals surface area contributed by atoms with Crippen molar-refractivity contribution in [3.63, 3.8) is 0 Å². The highest BCUT2D eigenvalue weighted by molar-refractivity contribution is 5.24. The Hall–Kier alpha value is -0.900. The molecular weight excluding hydrogens is 222 g/mol. The topological polar surface area (TPSA) is 32.5 Å². The summed E-state index contributed by atoms with van der Waals surface area (Å²) in [5, 5.41) is 0. The number of nitrogens with two attached hydrogens (primary N) is 1. The molecular formula is C15H25N3. The number of benzene rings is 1. The highest BCUT2D eigenvalue weighted by Gasteiger charge is 2.12. The molecule has 1 aliphatic heterocycles. The van der Waals surface area contributed by atoms with Crippen molar-refractivity contribution >= 4 is 0 Å². The Morgan fingerprint density at radius 1 is 1.11 bits per heavy atom. The van der Waals surface area contributed by atoms with E-state index < -0.39 is 0 Å². The molecule has 0 unspecified atom stereocenters. The molecule has 1 atom stereocenters. The van der Waals surface area contributed by atoms with Crippen molar-refractivity contribution in [2.45, 2.75) is 25.9 Å². The van der Waals surface area contributed by atoms with Gasteiger partial charge in [0.05, 0.1) is 0 Å². The van der Waals surface area contributed by atoms with Crippen LogP contribution in [0.4, 0.5) is 0 Å². The summed E-state index contributed by atoms with van der Waals surface area (Å²) in [6, 6.07) is 8.87. The number of hydrogen-bond donors (Lipinski definition) is 1. The normalized spacial score (nSPS) is 20.6. The minimum Gasteiger partial charge on any atom is -0.324 e. The third kappa shape index (κ3) is 3.80. The summed E-state index contributed by atoms with van der Waals surface area (Å²) in [5.74, 6) is 0. The van der Waals surface area contributed by atoms with Crippen LogP contribution in [-0.4, -0.2) is 43.0 Å². The summed E-state index contributed by atoms with van der Waals surface area (Å²) in [5.41, 5.74) is 8.48. The predicted octanol–water partition coefficient (Wildman–Crippen LogP) is 1.84. The highest BCUT2D eigenvalue weighted by Crippen LogP contribution is 2.13. The van der Waals surface area contributed by atoms with Gasteiger partial charge in [-0.3, -0.25) is 4.90 Å². The van der Waals surface area contributed by atoms with Gasteiger partial charge in [-0.1, -0.05) is 24.3 Å². The molecule has 2 N–H and O–H groups in total. The summed E-state index contributed by atoms with van der Waals surface area (Å²) < 4.78 is 0. The molecule has 1 aliphatic rings. The van der Waals surface area contributed by atoms with Crippen molar-refractivity contribution in [1.82, 2.24) is 9.80 Å². The van der Waals surface area contributed by atoms with Gasteiger partial charge in [0.15, 0.2) is 0 Å². The van der Waals surface area contributed by atoms with E-state index >= 15 is 0 Å². The molecule has 1 aromatic rings. The van der Waals surface area contributed by atoms with Gasteiger partial charge in [0.2, 0.25) is 0 Å². The average molecular weight is 247 g/mol. The lowest BCUT2D eigenvalue weighted by Gasteiger charge is -2.20. The SMILES string of the molecule is C[C@H](N)c1ccc(CN2CCCN(C)CC2)cc1. The summed E-state index contributed by atoms with van der Waals surface area (Å²) in [6.45, 7) is 7.87. The van der Waals surface area contributed by atoms with E-state index in [4.69, 9.17) is 5.73 Å². The maximum atomic E-state index is 5.87. The van der Waals surface area contributed by atoms with Gasteiger partial charge >= 0.3 is 0 Å². The minimum absolute atomic E-state index is 0.130. The lowest BCUT2D eigenvalue weighted by Crippen LogP contribution is -2.28. The smallest absolute Gasteiger partial charge is 0.0266 e. The van der Waals surface area contributed by atoms with Gasteiger partial charge in [0.1, 0.15) is 0 Å². The Balaban J connectivity index is 1.92. The maximum Gasteiger partial charge on any atom is 0.0266 e. The van der Waals surface area contributed by atoms with Crippen LogP contribution in [0.5, 0.6) is 0 Å². The molecule has 0 aliphatic carbocycles. The van der Waals surface area contributed by atoms with Crippen LogP contribution in [0.25, 0.3) is 0 Å². The van der Waals surface area contributed by atoms with E-state index in [0.29, 0.717) is 0 Å². The van der Waals surface area contributed by atoms with Crippen LogP contribution in [-0.2, 0) is 6.54 Å². The summed E-state index contributed by atoms with van der Waals surface area (Å²) >= 11 is 0. The first kappa shape index (κ1) is 13.5. The molecule has 1 fully saturated rings. The van der Waals surface area contributed by atoms with Crippen molar-refractivity contribution in [3.05, 3.63) is 35.4 Å². The second-order valence-electron chi connectivity index (χ2n) is 5.46. The van der Waals surface area contributed by atoms with Crippen LogP contribution in [0.1, 0.15) is 30.5 Å². The van der Waals surface area contributed by atoms with Crippen LogP contribution in [0, 0.1) is 0 Å². The zero-order valence-electron chi connectivity index (χ0n) is 11.6. The standard InChI is InChI=1S/C15H25N3/c1-13(16)15-6-4-14(5-7-15)12-18-9-3-8-17(2)10-11-18/h4-7,13H,3,8-12,16H2,1-2H3/t13-/m0/s1. The zero-order chi connectivity index (χ0) is 13.0. The highest BCUT2D eigenvalue weighted by atomic mass is 15.2. The van der Waals surface area contributed by atoms with Gasteiger partial charge in [0.25, 0.3) is 0 Å². The van der Waals surface area contributed by atoms with Gasteiger partial charge in [-0.15, -0.1) is 0 Å². The fourth-order valence-electron chi connectivity index (χ4n) is 2.44. The maximum absolute atomic E-state index is 5.87. The van der Waals surface area contributed by atoms with Crippen LogP contribution in [0.2, 0.25) is 0 Å². The Morgan fingerprint density at radius 3 is 2.50 bits per heavy atom. The molecule has 3 nitrogen and oxygen atoms in total. The van der Waals surface area contributed by atoms with E-state index in [0.717, 1.165) is 6.54 Å². The Labute approximate surface area is 111 Å². The molecule has 100 valence electrons. The van der Waals surface area contributed by atoms with Crippen LogP contribution in [0.15, 0.2) is 24.3 Å². The van der Waals surface area contributed by atoms with E-state index in [1.54, 1.807) is 0 Å². The molecule has 1 saturated heterocycles. The van der Waals surface area contributed by atoms with Crippen molar-refractivity contribution in [1.29, 1.82) is 0 Å². The molecule has 2 rings (SSSR count). The third-order valence-electron chi connectivity index (χ3n) is 3.72. The first-order chi connectivity index (χ1) is 8.65. The number of nitrogens with zero attached hydrogens (tertiary/aromatic N) is 2. The monoisotopic (exact) mass is 247 g/mol. The lowest BCUT2D eigenvalue weighted by molar-refractivity contribution is 0.269. The largest absolute Gasteiger partial charge is 0.324 e. The van der Waals surface area contributed by atoms with E-state index in [2.05, 4.69) is 41.1 Å². The lowest BCUT2D eigenvalue weighted by atomic mass is 10.1. The summed E-state index contributed by atoms with van der Waals surface area (Å²) in [4.78, 5) is 4.96. The molecule has 3 heteroatoms. The number of likely N-dealkylation sites (N-methyl/N-ethyl adjacent to an activating group) is 1. The van der Waals surface area contributed by atoms with E-state index in [1.165, 1.54) is 43.7 Å². The van der Waals surface area contributed by atoms with Crippen molar-refractivity contribution in [2.24, 2.45) is 5.73 Å². The zero-order valence-corrected chi connectivity index (χ0v) is 11.6. The van der Waals surface area contributed by atoms with Crippen LogP contribution >= 0.6 is 0 Å². The molecule has 0 bridgehead atoms. The van der Waals surface area contributed by atoms with Crippen molar-refractivity contribution < 1.29 is 0 Å². The molecule has 0 spiro atoms. The van der Waals surface area contributed by atoms with Gasteiger partial charge in [0, 0.05) is 25.7 Å². The first-order valence-electron chi connectivity index (χ1n) is 6.90. The van der Waals surface area contributed by atoms with Gasteiger partial charge < -0.3 is 10.6 Å². The van der Waals surface area contributed by atoms with E-state index in [-0.39, 0.29) is 6.04 Å².